The highest BCUT2D eigenvalue weighted by Gasteiger charge is 2.38. The van der Waals surface area contributed by atoms with Gasteiger partial charge in [0.1, 0.15) is 0 Å². The number of ether oxygens (including phenoxy) is 1. The zero-order valence-electron chi connectivity index (χ0n) is 12.1. The van der Waals surface area contributed by atoms with Gasteiger partial charge in [0.05, 0.1) is 18.8 Å². The number of carbonyl (C=O) groups excluding carboxylic acids is 1. The molecule has 1 aliphatic heterocycles. The Morgan fingerprint density at radius 3 is 2.32 bits per heavy atom. The van der Waals surface area contributed by atoms with Gasteiger partial charge in [-0.15, -0.1) is 0 Å². The first-order valence-corrected chi connectivity index (χ1v) is 7.50. The predicted octanol–water partition coefficient (Wildman–Crippen LogP) is 1.42. The molecule has 0 aromatic rings. The normalized spacial score (nSPS) is 23.8. The molecule has 1 aliphatic carbocycles. The van der Waals surface area contributed by atoms with Gasteiger partial charge in [-0.25, -0.2) is 4.79 Å². The molecule has 0 unspecified atom stereocenters. The highest BCUT2D eigenvalue weighted by Crippen LogP contribution is 2.31. The van der Waals surface area contributed by atoms with Gasteiger partial charge in [0.25, 0.3) is 0 Å². The Morgan fingerprint density at radius 1 is 1.21 bits per heavy atom. The third kappa shape index (κ3) is 3.20. The molecule has 0 aromatic heterocycles. The minimum Gasteiger partial charge on any atom is -0.378 e. The van der Waals surface area contributed by atoms with Gasteiger partial charge in [0.2, 0.25) is 0 Å². The molecule has 2 aliphatic rings. The van der Waals surface area contributed by atoms with Crippen molar-refractivity contribution in [2.45, 2.75) is 44.1 Å². The number of hydrogen-bond donors (Lipinski definition) is 1. The number of carbonyl (C=O) groups is 1. The first kappa shape index (κ1) is 14.6. The summed E-state index contributed by atoms with van der Waals surface area (Å²) < 4.78 is 5.31. The van der Waals surface area contributed by atoms with E-state index in [-0.39, 0.29) is 11.6 Å². The van der Waals surface area contributed by atoms with Crippen LogP contribution in [0.25, 0.3) is 0 Å². The molecular weight excluding hydrogens is 242 g/mol. The van der Waals surface area contributed by atoms with E-state index in [0.717, 1.165) is 12.8 Å². The lowest BCUT2D eigenvalue weighted by Crippen LogP contribution is -2.59. The van der Waals surface area contributed by atoms with Crippen LogP contribution >= 0.6 is 0 Å². The number of nitrogens with zero attached hydrogens (tertiary/aromatic N) is 2. The first-order valence-electron chi connectivity index (χ1n) is 7.50. The molecule has 0 aromatic carbocycles. The molecule has 2 amide bonds. The molecule has 0 atom stereocenters. The monoisotopic (exact) mass is 269 g/mol. The van der Waals surface area contributed by atoms with Crippen LogP contribution in [0.4, 0.5) is 4.79 Å². The zero-order valence-corrected chi connectivity index (χ0v) is 12.1. The maximum Gasteiger partial charge on any atom is 0.320 e. The summed E-state index contributed by atoms with van der Waals surface area (Å²) in [4.78, 5) is 16.4. The second-order valence-electron chi connectivity index (χ2n) is 5.78. The van der Waals surface area contributed by atoms with E-state index in [1.54, 1.807) is 0 Å². The summed E-state index contributed by atoms with van der Waals surface area (Å²) in [5.74, 6) is 0. The Bertz CT molecular complexity index is 295. The molecule has 19 heavy (non-hydrogen) atoms. The van der Waals surface area contributed by atoms with Gasteiger partial charge in [-0.1, -0.05) is 25.7 Å². The van der Waals surface area contributed by atoms with Gasteiger partial charge < -0.3 is 20.3 Å². The van der Waals surface area contributed by atoms with Gasteiger partial charge in [-0.3, -0.25) is 0 Å². The molecule has 2 rings (SSSR count). The SMILES string of the molecule is CN(C(=O)N1CCOCC1)C1(CN)CCCCCC1. The van der Waals surface area contributed by atoms with Crippen LogP contribution in [0, 0.1) is 0 Å². The fourth-order valence-electron chi connectivity index (χ4n) is 3.23. The lowest BCUT2D eigenvalue weighted by atomic mass is 9.88. The summed E-state index contributed by atoms with van der Waals surface area (Å²) in [6.07, 6.45) is 6.96. The first-order chi connectivity index (χ1) is 9.19. The van der Waals surface area contributed by atoms with Crippen molar-refractivity contribution >= 4 is 6.03 Å². The Kier molecular flexibility index (Phi) is 5.05. The standard InChI is InChI=1S/C14H27N3O2/c1-16(13(18)17-8-10-19-11-9-17)14(12-15)6-4-2-3-5-7-14/h2-12,15H2,1H3. The maximum atomic E-state index is 12.6. The van der Waals surface area contributed by atoms with Crippen LogP contribution in [0.2, 0.25) is 0 Å². The van der Waals surface area contributed by atoms with Crippen LogP contribution in [-0.2, 0) is 4.74 Å². The number of morpholine rings is 1. The fourth-order valence-corrected chi connectivity index (χ4v) is 3.23. The van der Waals surface area contributed by atoms with Gasteiger partial charge in [-0.05, 0) is 12.8 Å². The summed E-state index contributed by atoms with van der Waals surface area (Å²) in [6, 6.07) is 0.121. The van der Waals surface area contributed by atoms with Crippen molar-refractivity contribution < 1.29 is 9.53 Å². The summed E-state index contributed by atoms with van der Waals surface area (Å²) in [5.41, 5.74) is 5.91. The molecule has 1 saturated heterocycles. The smallest absolute Gasteiger partial charge is 0.320 e. The lowest BCUT2D eigenvalue weighted by Gasteiger charge is -2.43. The molecule has 5 heteroatoms. The number of nitrogens with two attached hydrogens (primary N) is 1. The molecule has 5 nitrogen and oxygen atoms in total. The second kappa shape index (κ2) is 6.57. The second-order valence-corrected chi connectivity index (χ2v) is 5.78. The molecule has 0 bridgehead atoms. The largest absolute Gasteiger partial charge is 0.378 e. The van der Waals surface area contributed by atoms with E-state index in [9.17, 15) is 4.79 Å². The Balaban J connectivity index is 2.05. The molecule has 0 radical (unpaired) electrons. The van der Waals surface area contributed by atoms with E-state index in [2.05, 4.69) is 0 Å². The average Bonchev–Trinajstić information content (AvgIpc) is 2.73. The Hall–Kier alpha value is -0.810. The number of amides is 2. The van der Waals surface area contributed by atoms with Gasteiger partial charge >= 0.3 is 6.03 Å². The Labute approximate surface area is 116 Å². The van der Waals surface area contributed by atoms with Crippen molar-refractivity contribution in [2.75, 3.05) is 39.9 Å². The van der Waals surface area contributed by atoms with E-state index in [1.807, 2.05) is 16.8 Å². The van der Waals surface area contributed by atoms with Crippen LogP contribution in [0.3, 0.4) is 0 Å². The Morgan fingerprint density at radius 2 is 1.79 bits per heavy atom. The van der Waals surface area contributed by atoms with Gasteiger partial charge in [-0.2, -0.15) is 0 Å². The molecule has 2 fully saturated rings. The predicted molar refractivity (Wildman–Crippen MR) is 75.0 cm³/mol. The lowest BCUT2D eigenvalue weighted by molar-refractivity contribution is 0.0311. The number of likely N-dealkylation sites (N-methyl/N-ethyl adjacent to an activating group) is 1. The minimum absolute atomic E-state index is 0.121. The topological polar surface area (TPSA) is 58.8 Å². The quantitative estimate of drug-likeness (QED) is 0.771. The minimum atomic E-state index is -0.133. The summed E-state index contributed by atoms with van der Waals surface area (Å²) in [6.45, 7) is 3.26. The summed E-state index contributed by atoms with van der Waals surface area (Å²) in [7, 11) is 1.93. The third-order valence-electron chi connectivity index (χ3n) is 4.69. The van der Waals surface area contributed by atoms with Gasteiger partial charge in [0.15, 0.2) is 0 Å². The molecule has 1 heterocycles. The van der Waals surface area contributed by atoms with E-state index in [0.29, 0.717) is 32.8 Å². The number of rotatable bonds is 2. The van der Waals surface area contributed by atoms with Crippen LogP contribution in [0.15, 0.2) is 0 Å². The molecular formula is C14H27N3O2. The number of hydrogen-bond acceptors (Lipinski definition) is 3. The van der Waals surface area contributed by atoms with E-state index >= 15 is 0 Å². The van der Waals surface area contributed by atoms with Crippen molar-refractivity contribution in [2.24, 2.45) is 5.73 Å². The van der Waals surface area contributed by atoms with Crippen LogP contribution in [0.1, 0.15) is 38.5 Å². The van der Waals surface area contributed by atoms with Gasteiger partial charge in [0, 0.05) is 26.7 Å². The van der Waals surface area contributed by atoms with Crippen molar-refractivity contribution in [1.29, 1.82) is 0 Å². The number of urea groups is 1. The van der Waals surface area contributed by atoms with E-state index in [4.69, 9.17) is 10.5 Å². The summed E-state index contributed by atoms with van der Waals surface area (Å²) >= 11 is 0. The van der Waals surface area contributed by atoms with E-state index in [1.165, 1.54) is 25.7 Å². The average molecular weight is 269 g/mol. The van der Waals surface area contributed by atoms with Crippen LogP contribution < -0.4 is 5.73 Å². The highest BCUT2D eigenvalue weighted by atomic mass is 16.5. The van der Waals surface area contributed by atoms with Crippen molar-refractivity contribution in [3.63, 3.8) is 0 Å². The van der Waals surface area contributed by atoms with E-state index < -0.39 is 0 Å². The molecule has 110 valence electrons. The molecule has 1 saturated carbocycles. The zero-order chi connectivity index (χ0) is 13.7. The highest BCUT2D eigenvalue weighted by molar-refractivity contribution is 5.75. The van der Waals surface area contributed by atoms with Crippen LogP contribution in [0.5, 0.6) is 0 Å². The van der Waals surface area contributed by atoms with Crippen molar-refractivity contribution in [3.05, 3.63) is 0 Å². The van der Waals surface area contributed by atoms with Crippen molar-refractivity contribution in [3.8, 4) is 0 Å². The molecule has 0 spiro atoms. The molecule has 2 N–H and O–H groups in total. The van der Waals surface area contributed by atoms with Crippen molar-refractivity contribution in [1.82, 2.24) is 9.80 Å². The fraction of sp³-hybridized carbons (Fsp3) is 0.929. The van der Waals surface area contributed by atoms with Crippen LogP contribution in [-0.4, -0.2) is 61.3 Å². The third-order valence-corrected chi connectivity index (χ3v) is 4.69. The summed E-state index contributed by atoms with van der Waals surface area (Å²) in [5, 5.41) is 0. The maximum absolute atomic E-state index is 12.6.